The smallest absolute Gasteiger partial charge is 0.305 e. The summed E-state index contributed by atoms with van der Waals surface area (Å²) in [6, 6.07) is 0. The molecule has 8 unspecified atom stereocenters. The monoisotopic (exact) mass is 452 g/mol. The van der Waals surface area contributed by atoms with Crippen LogP contribution < -0.4 is 0 Å². The number of carbonyl (C=O) groups is 1. The first-order valence-corrected chi connectivity index (χ1v) is 12.9. The first-order valence-electron chi connectivity index (χ1n) is 12.0. The molecule has 0 aromatic carbocycles. The number of methoxy groups -OCH3 is 1. The normalized spacial score (nSPS) is 48.9. The Kier molecular flexibility index (Phi) is 5.97. The highest BCUT2D eigenvalue weighted by molar-refractivity contribution is 9.09. The molecule has 0 aromatic rings. The maximum Gasteiger partial charge on any atom is 0.305 e. The van der Waals surface area contributed by atoms with Gasteiger partial charge in [0.2, 0.25) is 0 Å². The summed E-state index contributed by atoms with van der Waals surface area (Å²) in [5, 5.41) is 0. The van der Waals surface area contributed by atoms with Gasteiger partial charge in [-0.05, 0) is 111 Å². The second-order valence-corrected chi connectivity index (χ2v) is 12.6. The van der Waals surface area contributed by atoms with Gasteiger partial charge in [-0.3, -0.25) is 4.79 Å². The van der Waals surface area contributed by atoms with E-state index >= 15 is 0 Å². The summed E-state index contributed by atoms with van der Waals surface area (Å²) in [5.74, 6) is 5.21. The van der Waals surface area contributed by atoms with Gasteiger partial charge in [-0.25, -0.2) is 0 Å². The van der Waals surface area contributed by atoms with E-state index in [-0.39, 0.29) is 5.97 Å². The number of hydrogen-bond donors (Lipinski definition) is 0. The fraction of sp³-hybridized carbons (Fsp3) is 0.960. The molecule has 4 aliphatic carbocycles. The number of halogens is 1. The first kappa shape index (κ1) is 21.2. The van der Waals surface area contributed by atoms with E-state index in [0.717, 1.165) is 40.8 Å². The van der Waals surface area contributed by atoms with Gasteiger partial charge in [-0.1, -0.05) is 36.7 Å². The molecule has 160 valence electrons. The molecule has 4 rings (SSSR count). The number of ether oxygens (including phenoxy) is 1. The average molecular weight is 454 g/mol. The van der Waals surface area contributed by atoms with Crippen LogP contribution in [0.15, 0.2) is 0 Å². The lowest BCUT2D eigenvalue weighted by molar-refractivity contribution is -0.141. The molecule has 2 nitrogen and oxygen atoms in total. The molecule has 4 saturated carbocycles. The van der Waals surface area contributed by atoms with E-state index in [2.05, 4.69) is 36.7 Å². The SMILES string of the molecule is COC(=O)CC[C@@H](C)C1CCC2C3CCC4CC(Br)CCC4(C)C3CCC21C. The molecule has 0 aliphatic heterocycles. The van der Waals surface area contributed by atoms with Crippen molar-refractivity contribution in [2.45, 2.75) is 96.2 Å². The molecule has 0 heterocycles. The number of rotatable bonds is 4. The van der Waals surface area contributed by atoms with Crippen LogP contribution in [0.1, 0.15) is 91.4 Å². The van der Waals surface area contributed by atoms with Gasteiger partial charge in [0.15, 0.2) is 0 Å². The van der Waals surface area contributed by atoms with Crippen LogP contribution in [0.25, 0.3) is 0 Å². The van der Waals surface area contributed by atoms with E-state index in [1.807, 2.05) is 0 Å². The third-order valence-corrected chi connectivity index (χ3v) is 11.2. The molecule has 0 N–H and O–H groups in total. The van der Waals surface area contributed by atoms with Gasteiger partial charge < -0.3 is 4.74 Å². The van der Waals surface area contributed by atoms with Crippen LogP contribution in [-0.2, 0) is 9.53 Å². The minimum atomic E-state index is -0.0381. The van der Waals surface area contributed by atoms with Crippen molar-refractivity contribution in [2.24, 2.45) is 46.3 Å². The van der Waals surface area contributed by atoms with E-state index < -0.39 is 0 Å². The Labute approximate surface area is 181 Å². The van der Waals surface area contributed by atoms with Crippen LogP contribution in [0.3, 0.4) is 0 Å². The number of fused-ring (bicyclic) bond motifs is 5. The van der Waals surface area contributed by atoms with Crippen LogP contribution in [0.4, 0.5) is 0 Å². The molecule has 4 fully saturated rings. The van der Waals surface area contributed by atoms with Crippen molar-refractivity contribution in [3.05, 3.63) is 0 Å². The van der Waals surface area contributed by atoms with Crippen LogP contribution >= 0.6 is 15.9 Å². The fourth-order valence-corrected chi connectivity index (χ4v) is 9.51. The van der Waals surface area contributed by atoms with E-state index in [1.54, 1.807) is 0 Å². The Hall–Kier alpha value is -0.0500. The van der Waals surface area contributed by atoms with Gasteiger partial charge >= 0.3 is 5.97 Å². The molecular formula is C25H41BrO2. The third kappa shape index (κ3) is 3.40. The van der Waals surface area contributed by atoms with Crippen molar-refractivity contribution in [2.75, 3.05) is 7.11 Å². The van der Waals surface area contributed by atoms with Crippen molar-refractivity contribution in [1.82, 2.24) is 0 Å². The second-order valence-electron chi connectivity index (χ2n) is 11.3. The van der Waals surface area contributed by atoms with E-state index in [4.69, 9.17) is 4.74 Å². The van der Waals surface area contributed by atoms with E-state index in [1.165, 1.54) is 64.9 Å². The zero-order valence-electron chi connectivity index (χ0n) is 18.5. The number of alkyl halides is 1. The highest BCUT2D eigenvalue weighted by Crippen LogP contribution is 2.68. The van der Waals surface area contributed by atoms with Crippen molar-refractivity contribution >= 4 is 21.9 Å². The number of carbonyl (C=O) groups excluding carboxylic acids is 1. The Morgan fingerprint density at radius 1 is 1.04 bits per heavy atom. The molecular weight excluding hydrogens is 412 g/mol. The predicted octanol–water partition coefficient (Wildman–Crippen LogP) is 7.00. The molecule has 4 aliphatic rings. The maximum absolute atomic E-state index is 11.6. The quantitative estimate of drug-likeness (QED) is 0.338. The molecule has 0 amide bonds. The summed E-state index contributed by atoms with van der Waals surface area (Å²) < 4.78 is 4.89. The van der Waals surface area contributed by atoms with Gasteiger partial charge in [0, 0.05) is 11.2 Å². The molecule has 0 bridgehead atoms. The average Bonchev–Trinajstić information content (AvgIpc) is 3.03. The van der Waals surface area contributed by atoms with Crippen molar-refractivity contribution in [3.8, 4) is 0 Å². The summed E-state index contributed by atoms with van der Waals surface area (Å²) in [5.41, 5.74) is 1.11. The molecule has 9 atom stereocenters. The molecule has 0 spiro atoms. The molecule has 3 heteroatoms. The summed E-state index contributed by atoms with van der Waals surface area (Å²) >= 11 is 3.94. The molecule has 0 radical (unpaired) electrons. The summed E-state index contributed by atoms with van der Waals surface area (Å²) in [6.07, 6.45) is 14.5. The van der Waals surface area contributed by atoms with Gasteiger partial charge in [0.25, 0.3) is 0 Å². The van der Waals surface area contributed by atoms with Crippen molar-refractivity contribution in [3.63, 3.8) is 0 Å². The minimum Gasteiger partial charge on any atom is -0.469 e. The van der Waals surface area contributed by atoms with E-state index in [0.29, 0.717) is 23.2 Å². The zero-order chi connectivity index (χ0) is 20.1. The highest BCUT2D eigenvalue weighted by atomic mass is 79.9. The van der Waals surface area contributed by atoms with Gasteiger partial charge in [-0.2, -0.15) is 0 Å². The molecule has 28 heavy (non-hydrogen) atoms. The van der Waals surface area contributed by atoms with Crippen LogP contribution in [0, 0.1) is 46.3 Å². The maximum atomic E-state index is 11.6. The molecule has 0 saturated heterocycles. The predicted molar refractivity (Wildman–Crippen MR) is 118 cm³/mol. The Balaban J connectivity index is 1.48. The minimum absolute atomic E-state index is 0.0381. The van der Waals surface area contributed by atoms with Crippen molar-refractivity contribution < 1.29 is 9.53 Å². The third-order valence-electron chi connectivity index (χ3n) is 10.4. The lowest BCUT2D eigenvalue weighted by atomic mass is 9.44. The first-order chi connectivity index (χ1) is 13.3. The standard InChI is InChI=1S/C25H41BrO2/c1-16(5-10-23(27)28-4)20-8-9-21-19-7-6-17-15-18(26)11-13-24(17,2)22(19)12-14-25(20,21)3/h16-22H,5-15H2,1-4H3/t16-,17?,18?,19?,20?,21?,22?,24?,25?/m1/s1. The Bertz CT molecular complexity index is 591. The van der Waals surface area contributed by atoms with Crippen molar-refractivity contribution in [1.29, 1.82) is 0 Å². The van der Waals surface area contributed by atoms with Gasteiger partial charge in [-0.15, -0.1) is 0 Å². The second kappa shape index (κ2) is 7.89. The summed E-state index contributed by atoms with van der Waals surface area (Å²) in [7, 11) is 1.52. The van der Waals surface area contributed by atoms with Crippen LogP contribution in [0.2, 0.25) is 0 Å². The lowest BCUT2D eigenvalue weighted by Gasteiger charge is -2.61. The van der Waals surface area contributed by atoms with E-state index in [9.17, 15) is 4.79 Å². The number of hydrogen-bond acceptors (Lipinski definition) is 2. The van der Waals surface area contributed by atoms with Gasteiger partial charge in [0.05, 0.1) is 7.11 Å². The lowest BCUT2D eigenvalue weighted by Crippen LogP contribution is -2.53. The van der Waals surface area contributed by atoms with Crippen LogP contribution in [0.5, 0.6) is 0 Å². The topological polar surface area (TPSA) is 26.3 Å². The Morgan fingerprint density at radius 3 is 2.50 bits per heavy atom. The summed E-state index contributed by atoms with van der Waals surface area (Å²) in [6.45, 7) is 7.70. The summed E-state index contributed by atoms with van der Waals surface area (Å²) in [4.78, 5) is 12.4. The highest BCUT2D eigenvalue weighted by Gasteiger charge is 2.60. The fourth-order valence-electron chi connectivity index (χ4n) is 8.83. The van der Waals surface area contributed by atoms with Gasteiger partial charge in [0.1, 0.15) is 0 Å². The number of esters is 1. The Morgan fingerprint density at radius 2 is 1.75 bits per heavy atom. The largest absolute Gasteiger partial charge is 0.469 e. The molecule has 0 aromatic heterocycles. The van der Waals surface area contributed by atoms with Crippen LogP contribution in [-0.4, -0.2) is 17.9 Å². The zero-order valence-corrected chi connectivity index (χ0v) is 20.1.